The molecule has 0 unspecified atom stereocenters. The van der Waals surface area contributed by atoms with Gasteiger partial charge in [0.25, 0.3) is 0 Å². The van der Waals surface area contributed by atoms with Gasteiger partial charge in [0.05, 0.1) is 0 Å². The molecule has 0 spiro atoms. The van der Waals surface area contributed by atoms with Crippen molar-refractivity contribution in [3.05, 3.63) is 182 Å². The smallest absolute Gasteiger partial charge is 0.136 e. The summed E-state index contributed by atoms with van der Waals surface area (Å²) in [5, 5.41) is 12.3. The van der Waals surface area contributed by atoms with Gasteiger partial charge in [0.1, 0.15) is 11.2 Å². The minimum atomic E-state index is 0.935. The zero-order valence-electron chi connectivity index (χ0n) is 27.7. The number of hydrogen-bond donors (Lipinski definition) is 0. The van der Waals surface area contributed by atoms with Crippen LogP contribution in [0.15, 0.2) is 186 Å². The Hall–Kier alpha value is -6.70. The third-order valence-corrected chi connectivity index (χ3v) is 10.8. The molecule has 51 heavy (non-hydrogen) atoms. The van der Waals surface area contributed by atoms with E-state index in [4.69, 9.17) is 4.42 Å². The first-order chi connectivity index (χ1) is 25.3. The fraction of sp³-hybridized carbons (Fsp3) is 0. The molecule has 0 aliphatic carbocycles. The molecular weight excluding hydrogens is 617 g/mol. The summed E-state index contributed by atoms with van der Waals surface area (Å²) in [6.07, 6.45) is 0. The van der Waals surface area contributed by atoms with Crippen LogP contribution < -0.4 is 0 Å². The van der Waals surface area contributed by atoms with E-state index in [1.54, 1.807) is 0 Å². The average molecular weight is 647 g/mol. The minimum Gasteiger partial charge on any atom is -0.456 e. The topological polar surface area (TPSA) is 13.1 Å². The molecule has 10 aromatic carbocycles. The summed E-state index contributed by atoms with van der Waals surface area (Å²) < 4.78 is 6.37. The van der Waals surface area contributed by atoms with Crippen LogP contribution in [0.5, 0.6) is 0 Å². The van der Waals surface area contributed by atoms with Crippen LogP contribution in [0.2, 0.25) is 0 Å². The van der Waals surface area contributed by atoms with Crippen molar-refractivity contribution >= 4 is 65.0 Å². The second kappa shape index (κ2) is 10.9. The molecule has 0 saturated heterocycles. The van der Waals surface area contributed by atoms with Gasteiger partial charge >= 0.3 is 0 Å². The molecule has 0 radical (unpaired) electrons. The van der Waals surface area contributed by atoms with E-state index < -0.39 is 0 Å². The Bertz CT molecular complexity index is 3070. The third kappa shape index (κ3) is 4.22. The first-order valence-electron chi connectivity index (χ1n) is 17.6. The normalized spacial score (nSPS) is 11.9. The third-order valence-electron chi connectivity index (χ3n) is 10.8. The van der Waals surface area contributed by atoms with Crippen molar-refractivity contribution in [2.75, 3.05) is 0 Å². The lowest BCUT2D eigenvalue weighted by Crippen LogP contribution is -1.94. The van der Waals surface area contributed by atoms with Gasteiger partial charge in [0.15, 0.2) is 0 Å². The van der Waals surface area contributed by atoms with E-state index in [-0.39, 0.29) is 0 Å². The Kier molecular flexibility index (Phi) is 6.02. The summed E-state index contributed by atoms with van der Waals surface area (Å²) in [5.41, 5.74) is 11.7. The summed E-state index contributed by atoms with van der Waals surface area (Å²) in [5.74, 6) is 0. The monoisotopic (exact) mass is 646 g/mol. The summed E-state index contributed by atoms with van der Waals surface area (Å²) in [4.78, 5) is 0. The number of benzene rings is 10. The van der Waals surface area contributed by atoms with E-state index in [9.17, 15) is 0 Å². The van der Waals surface area contributed by atoms with Crippen LogP contribution in [-0.4, -0.2) is 0 Å². The molecule has 11 rings (SSSR count). The van der Waals surface area contributed by atoms with Crippen molar-refractivity contribution in [3.63, 3.8) is 0 Å². The first-order valence-corrected chi connectivity index (χ1v) is 17.6. The van der Waals surface area contributed by atoms with Gasteiger partial charge in [-0.3, -0.25) is 0 Å². The van der Waals surface area contributed by atoms with Gasteiger partial charge in [-0.05, 0) is 118 Å². The van der Waals surface area contributed by atoms with E-state index in [0.29, 0.717) is 0 Å². The fourth-order valence-corrected chi connectivity index (χ4v) is 8.55. The molecule has 1 aromatic heterocycles. The molecule has 0 aliphatic rings. The van der Waals surface area contributed by atoms with Gasteiger partial charge in [-0.2, -0.15) is 0 Å². The highest BCUT2D eigenvalue weighted by atomic mass is 16.3. The zero-order chi connectivity index (χ0) is 33.5. The van der Waals surface area contributed by atoms with Crippen molar-refractivity contribution in [3.8, 4) is 44.5 Å². The van der Waals surface area contributed by atoms with E-state index in [2.05, 4.69) is 182 Å². The summed E-state index contributed by atoms with van der Waals surface area (Å²) >= 11 is 0. The second-order valence-corrected chi connectivity index (χ2v) is 13.6. The maximum Gasteiger partial charge on any atom is 0.136 e. The van der Waals surface area contributed by atoms with Crippen molar-refractivity contribution in [1.82, 2.24) is 0 Å². The maximum absolute atomic E-state index is 6.37. The van der Waals surface area contributed by atoms with Crippen LogP contribution >= 0.6 is 0 Å². The summed E-state index contributed by atoms with van der Waals surface area (Å²) in [7, 11) is 0. The maximum atomic E-state index is 6.37. The molecule has 236 valence electrons. The fourth-order valence-electron chi connectivity index (χ4n) is 8.55. The van der Waals surface area contributed by atoms with Gasteiger partial charge in [0, 0.05) is 10.8 Å². The SMILES string of the molecule is c1ccc(-c2cc(-c3ccc4ccccc4c3)ccc2-c2c3ccccc3c(-c3cc4cccc5oc6cccc3c6c45)c3ccccc23)cc1. The van der Waals surface area contributed by atoms with E-state index >= 15 is 0 Å². The second-order valence-electron chi connectivity index (χ2n) is 13.6. The molecule has 11 aromatic rings. The van der Waals surface area contributed by atoms with Gasteiger partial charge < -0.3 is 4.42 Å². The van der Waals surface area contributed by atoms with Gasteiger partial charge in [0.2, 0.25) is 0 Å². The first kappa shape index (κ1) is 28.2. The van der Waals surface area contributed by atoms with Crippen LogP contribution in [-0.2, 0) is 0 Å². The van der Waals surface area contributed by atoms with E-state index in [1.807, 2.05) is 0 Å². The molecular formula is C50H30O. The van der Waals surface area contributed by atoms with Crippen LogP contribution in [0.25, 0.3) is 110 Å². The predicted octanol–water partition coefficient (Wildman–Crippen LogP) is 14.3. The molecule has 0 saturated carbocycles. The summed E-state index contributed by atoms with van der Waals surface area (Å²) in [6.45, 7) is 0. The molecule has 0 atom stereocenters. The van der Waals surface area contributed by atoms with E-state index in [0.717, 1.165) is 11.2 Å². The molecule has 1 heterocycles. The number of rotatable bonds is 4. The highest BCUT2D eigenvalue weighted by Gasteiger charge is 2.23. The van der Waals surface area contributed by atoms with Crippen molar-refractivity contribution in [1.29, 1.82) is 0 Å². The lowest BCUT2D eigenvalue weighted by Gasteiger charge is -2.21. The lowest BCUT2D eigenvalue weighted by atomic mass is 9.82. The Labute approximate surface area is 295 Å². The Morgan fingerprint density at radius 2 is 0.824 bits per heavy atom. The highest BCUT2D eigenvalue weighted by Crippen LogP contribution is 2.50. The molecule has 0 amide bonds. The Balaban J connectivity index is 1.23. The van der Waals surface area contributed by atoms with Crippen molar-refractivity contribution < 1.29 is 4.42 Å². The van der Waals surface area contributed by atoms with Crippen LogP contribution in [0, 0.1) is 0 Å². The average Bonchev–Trinajstić information content (AvgIpc) is 3.59. The van der Waals surface area contributed by atoms with Gasteiger partial charge in [-0.25, -0.2) is 0 Å². The van der Waals surface area contributed by atoms with Crippen LogP contribution in [0.3, 0.4) is 0 Å². The van der Waals surface area contributed by atoms with Gasteiger partial charge in [-0.15, -0.1) is 0 Å². The number of hydrogen-bond acceptors (Lipinski definition) is 1. The zero-order valence-corrected chi connectivity index (χ0v) is 27.7. The Morgan fingerprint density at radius 1 is 0.275 bits per heavy atom. The molecule has 0 aliphatic heterocycles. The molecule has 1 nitrogen and oxygen atoms in total. The summed E-state index contributed by atoms with van der Waals surface area (Å²) in [6, 6.07) is 66.5. The van der Waals surface area contributed by atoms with Gasteiger partial charge in [-0.1, -0.05) is 152 Å². The molecule has 1 heteroatoms. The number of furan rings is 1. The minimum absolute atomic E-state index is 0.935. The highest BCUT2D eigenvalue weighted by molar-refractivity contribution is 6.30. The van der Waals surface area contributed by atoms with Crippen molar-refractivity contribution in [2.24, 2.45) is 0 Å². The number of fused-ring (bicyclic) bond motifs is 3. The lowest BCUT2D eigenvalue weighted by molar-refractivity contribution is 0.669. The van der Waals surface area contributed by atoms with Crippen molar-refractivity contribution in [2.45, 2.75) is 0 Å². The van der Waals surface area contributed by atoms with Crippen LogP contribution in [0.4, 0.5) is 0 Å². The largest absolute Gasteiger partial charge is 0.456 e. The van der Waals surface area contributed by atoms with Crippen LogP contribution in [0.1, 0.15) is 0 Å². The van der Waals surface area contributed by atoms with E-state index in [1.165, 1.54) is 98.4 Å². The molecule has 0 fully saturated rings. The predicted molar refractivity (Wildman–Crippen MR) is 217 cm³/mol. The standard InChI is InChI=1S/C50H30O/c1-2-13-32(14-3-1)43-29-35(34-25-24-31-12-4-5-15-33(31)28-34)26-27-42(43)48-37-17-6-8-19-39(37)49(40-20-9-7-18-38(40)48)44-30-36-16-10-22-45-47(36)50-41(44)21-11-23-46(50)51-45/h1-30H. The Morgan fingerprint density at radius 3 is 1.57 bits per heavy atom. The molecule has 0 bridgehead atoms. The quantitative estimate of drug-likeness (QED) is 0.137. The molecule has 0 N–H and O–H groups in total.